The smallest absolute Gasteiger partial charge is 0.263 e. The van der Waals surface area contributed by atoms with Crippen molar-refractivity contribution in [1.29, 1.82) is 0 Å². The van der Waals surface area contributed by atoms with Gasteiger partial charge in [0.15, 0.2) is 6.10 Å². The van der Waals surface area contributed by atoms with Gasteiger partial charge in [0.05, 0.1) is 12.2 Å². The summed E-state index contributed by atoms with van der Waals surface area (Å²) in [4.78, 5) is 25.7. The summed E-state index contributed by atoms with van der Waals surface area (Å²) < 4.78 is 5.75. The van der Waals surface area contributed by atoms with Crippen molar-refractivity contribution in [2.75, 3.05) is 11.4 Å². The molecule has 0 aliphatic carbocycles. The molecule has 1 aromatic rings. The van der Waals surface area contributed by atoms with Crippen LogP contribution >= 0.6 is 0 Å². The Morgan fingerprint density at radius 3 is 2.57 bits per heavy atom. The highest BCUT2D eigenvalue weighted by Gasteiger charge is 2.33. The Morgan fingerprint density at radius 1 is 1.29 bits per heavy atom. The van der Waals surface area contributed by atoms with E-state index in [9.17, 15) is 9.59 Å². The van der Waals surface area contributed by atoms with E-state index in [2.05, 4.69) is 5.32 Å². The third kappa shape index (κ3) is 3.35. The average Bonchev–Trinajstić information content (AvgIpc) is 2.45. The summed E-state index contributed by atoms with van der Waals surface area (Å²) in [5.41, 5.74) is 0.714. The molecule has 0 fully saturated rings. The lowest BCUT2D eigenvalue weighted by molar-refractivity contribution is -0.129. The van der Waals surface area contributed by atoms with E-state index < -0.39 is 6.10 Å². The van der Waals surface area contributed by atoms with E-state index in [0.717, 1.165) is 0 Å². The lowest BCUT2D eigenvalue weighted by atomic mass is 10.1. The van der Waals surface area contributed by atoms with Gasteiger partial charge in [-0.15, -0.1) is 0 Å². The predicted octanol–water partition coefficient (Wildman–Crippen LogP) is 1.96. The fraction of sp³-hybridized carbons (Fsp3) is 0.500. The largest absolute Gasteiger partial charge is 0.477 e. The van der Waals surface area contributed by atoms with Gasteiger partial charge in [-0.3, -0.25) is 9.59 Å². The molecule has 0 spiro atoms. The van der Waals surface area contributed by atoms with Gasteiger partial charge in [0.1, 0.15) is 5.75 Å². The molecule has 0 aromatic heterocycles. The van der Waals surface area contributed by atoms with Crippen LogP contribution in [0.1, 0.15) is 27.7 Å². The normalized spacial score (nSPS) is 18.7. The van der Waals surface area contributed by atoms with Crippen molar-refractivity contribution in [2.45, 2.75) is 39.8 Å². The maximum atomic E-state index is 12.3. The number of fused-ring (bicyclic) bond motifs is 1. The van der Waals surface area contributed by atoms with Gasteiger partial charge >= 0.3 is 0 Å². The summed E-state index contributed by atoms with van der Waals surface area (Å²) in [5, 5.41) is 2.94. The van der Waals surface area contributed by atoms with E-state index in [1.54, 1.807) is 11.0 Å². The number of nitrogens with one attached hydrogen (secondary N) is 1. The van der Waals surface area contributed by atoms with E-state index in [-0.39, 0.29) is 24.4 Å². The monoisotopic (exact) mass is 290 g/mol. The van der Waals surface area contributed by atoms with E-state index in [1.165, 1.54) is 6.92 Å². The number of carbonyl (C=O) groups is 2. The van der Waals surface area contributed by atoms with Gasteiger partial charge in [-0.2, -0.15) is 0 Å². The molecule has 2 atom stereocenters. The van der Waals surface area contributed by atoms with Crippen molar-refractivity contribution in [3.8, 4) is 5.75 Å². The lowest BCUT2D eigenvalue weighted by Crippen LogP contribution is -2.52. The van der Waals surface area contributed by atoms with E-state index in [0.29, 0.717) is 17.4 Å². The number of anilines is 1. The molecule has 2 rings (SSSR count). The molecule has 0 bridgehead atoms. The Hall–Kier alpha value is -2.04. The van der Waals surface area contributed by atoms with Crippen molar-refractivity contribution in [3.05, 3.63) is 24.3 Å². The molecular formula is C16H22N2O3. The highest BCUT2D eigenvalue weighted by molar-refractivity contribution is 5.95. The molecule has 0 saturated heterocycles. The fourth-order valence-electron chi connectivity index (χ4n) is 2.15. The predicted molar refractivity (Wildman–Crippen MR) is 81.3 cm³/mol. The summed E-state index contributed by atoms with van der Waals surface area (Å²) in [5.74, 6) is 0.627. The minimum absolute atomic E-state index is 0.0593. The average molecular weight is 290 g/mol. The van der Waals surface area contributed by atoms with Crippen LogP contribution in [-0.4, -0.2) is 30.5 Å². The zero-order chi connectivity index (χ0) is 15.6. The van der Waals surface area contributed by atoms with Gasteiger partial charge in [-0.05, 0) is 25.0 Å². The van der Waals surface area contributed by atoms with Gasteiger partial charge < -0.3 is 15.0 Å². The Morgan fingerprint density at radius 2 is 1.95 bits per heavy atom. The maximum Gasteiger partial charge on any atom is 0.263 e. The van der Waals surface area contributed by atoms with E-state index in [1.807, 2.05) is 39.0 Å². The van der Waals surface area contributed by atoms with Crippen LogP contribution in [0, 0.1) is 5.92 Å². The molecule has 0 saturated carbocycles. The first-order valence-corrected chi connectivity index (χ1v) is 7.24. The molecule has 1 aromatic carbocycles. The van der Waals surface area contributed by atoms with Gasteiger partial charge in [0, 0.05) is 13.0 Å². The van der Waals surface area contributed by atoms with E-state index >= 15 is 0 Å². The fourth-order valence-corrected chi connectivity index (χ4v) is 2.15. The van der Waals surface area contributed by atoms with Gasteiger partial charge in [0.2, 0.25) is 5.91 Å². The summed E-state index contributed by atoms with van der Waals surface area (Å²) in [6.07, 6.45) is -0.676. The first kappa shape index (κ1) is 15.4. The molecule has 1 aliphatic heterocycles. The second-order valence-electron chi connectivity index (χ2n) is 5.75. The maximum absolute atomic E-state index is 12.3. The second-order valence-corrected chi connectivity index (χ2v) is 5.75. The lowest BCUT2D eigenvalue weighted by Gasteiger charge is -2.34. The second kappa shape index (κ2) is 6.16. The van der Waals surface area contributed by atoms with Crippen LogP contribution in [0.15, 0.2) is 24.3 Å². The molecule has 114 valence electrons. The molecule has 1 N–H and O–H groups in total. The van der Waals surface area contributed by atoms with E-state index in [4.69, 9.17) is 4.74 Å². The van der Waals surface area contributed by atoms with Crippen LogP contribution in [0.25, 0.3) is 0 Å². The first-order valence-electron chi connectivity index (χ1n) is 7.24. The Labute approximate surface area is 125 Å². The van der Waals surface area contributed by atoms with Crippen molar-refractivity contribution in [1.82, 2.24) is 5.32 Å². The first-order chi connectivity index (χ1) is 9.90. The van der Waals surface area contributed by atoms with Crippen molar-refractivity contribution >= 4 is 17.5 Å². The minimum atomic E-state index is -0.676. The molecule has 1 heterocycles. The Balaban J connectivity index is 2.18. The molecule has 21 heavy (non-hydrogen) atoms. The van der Waals surface area contributed by atoms with Crippen molar-refractivity contribution in [2.24, 2.45) is 5.92 Å². The third-order valence-electron chi connectivity index (χ3n) is 3.82. The van der Waals surface area contributed by atoms with Crippen molar-refractivity contribution in [3.63, 3.8) is 0 Å². The Kier molecular flexibility index (Phi) is 4.50. The number of rotatable bonds is 3. The zero-order valence-electron chi connectivity index (χ0n) is 12.9. The number of para-hydroxylation sites is 2. The summed E-state index contributed by atoms with van der Waals surface area (Å²) in [6.45, 7) is 7.78. The number of benzene rings is 1. The molecule has 5 heteroatoms. The molecule has 2 amide bonds. The van der Waals surface area contributed by atoms with Gasteiger partial charge in [0.25, 0.3) is 5.91 Å². The minimum Gasteiger partial charge on any atom is -0.477 e. The topological polar surface area (TPSA) is 58.6 Å². The van der Waals surface area contributed by atoms with Crippen LogP contribution in [0.4, 0.5) is 5.69 Å². The highest BCUT2D eigenvalue weighted by atomic mass is 16.5. The molecule has 0 radical (unpaired) electrons. The molecular weight excluding hydrogens is 268 g/mol. The third-order valence-corrected chi connectivity index (χ3v) is 3.82. The highest BCUT2D eigenvalue weighted by Crippen LogP contribution is 2.33. The number of hydrogen-bond donors (Lipinski definition) is 1. The SMILES string of the molecule is CC(=O)N1C[C@@H](C(=O)N[C@H](C)C(C)C)Oc2ccccc21. The van der Waals surface area contributed by atoms with Crippen LogP contribution in [-0.2, 0) is 9.59 Å². The van der Waals surface area contributed by atoms with Crippen LogP contribution in [0.2, 0.25) is 0 Å². The van der Waals surface area contributed by atoms with Crippen LogP contribution in [0.5, 0.6) is 5.75 Å². The summed E-state index contributed by atoms with van der Waals surface area (Å²) in [7, 11) is 0. The summed E-state index contributed by atoms with van der Waals surface area (Å²) in [6, 6.07) is 7.33. The molecule has 5 nitrogen and oxygen atoms in total. The molecule has 0 unspecified atom stereocenters. The van der Waals surface area contributed by atoms with Crippen molar-refractivity contribution < 1.29 is 14.3 Å². The standard InChI is InChI=1S/C16H22N2O3/c1-10(2)11(3)17-16(20)15-9-18(12(4)19)13-7-5-6-8-14(13)21-15/h5-8,10-11,15H,9H2,1-4H3,(H,17,20)/t11-,15+/m1/s1. The van der Waals surface area contributed by atoms with Crippen LogP contribution < -0.4 is 15.0 Å². The van der Waals surface area contributed by atoms with Gasteiger partial charge in [-0.25, -0.2) is 0 Å². The quantitative estimate of drug-likeness (QED) is 0.926. The number of ether oxygens (including phenoxy) is 1. The van der Waals surface area contributed by atoms with Crippen LogP contribution in [0.3, 0.4) is 0 Å². The molecule has 1 aliphatic rings. The van der Waals surface area contributed by atoms with Gasteiger partial charge in [-0.1, -0.05) is 26.0 Å². The number of carbonyl (C=O) groups excluding carboxylic acids is 2. The Bertz CT molecular complexity index is 542. The zero-order valence-corrected chi connectivity index (χ0v) is 12.9. The number of hydrogen-bond acceptors (Lipinski definition) is 3. The summed E-state index contributed by atoms with van der Waals surface area (Å²) >= 11 is 0. The number of nitrogens with zero attached hydrogens (tertiary/aromatic N) is 1. The number of amides is 2.